The predicted octanol–water partition coefficient (Wildman–Crippen LogP) is 5.44. The van der Waals surface area contributed by atoms with Crippen molar-refractivity contribution in [1.82, 2.24) is 8.69 Å². The zero-order valence-electron chi connectivity index (χ0n) is 25.1. The minimum absolute atomic E-state index is 0.0817. The number of para-hydroxylation sites is 2. The Labute approximate surface area is 263 Å². The molecule has 3 N–H and O–H groups in total. The van der Waals surface area contributed by atoms with E-state index < -0.39 is 37.6 Å². The molecule has 0 saturated heterocycles. The van der Waals surface area contributed by atoms with E-state index in [2.05, 4.69) is 15.4 Å². The number of amides is 2. The van der Waals surface area contributed by atoms with Gasteiger partial charge in [-0.3, -0.25) is 10.1 Å². The van der Waals surface area contributed by atoms with Crippen molar-refractivity contribution >= 4 is 49.5 Å². The van der Waals surface area contributed by atoms with Crippen LogP contribution in [0.2, 0.25) is 0 Å². The molecule has 0 saturated carbocycles. The summed E-state index contributed by atoms with van der Waals surface area (Å²) in [5.41, 5.74) is 2.94. The third-order valence-electron chi connectivity index (χ3n) is 6.19. The summed E-state index contributed by atoms with van der Waals surface area (Å²) < 4.78 is 57.9. The molecular formula is C32H34N4O7S2. The number of nitrogens with one attached hydrogen (secondary N) is 3. The minimum Gasteiger partial charge on any atom is -0.444 e. The molecule has 3 aromatic carbocycles. The minimum atomic E-state index is -3.90. The first-order valence-electron chi connectivity index (χ1n) is 13.7. The van der Waals surface area contributed by atoms with Crippen LogP contribution in [0, 0.1) is 0 Å². The van der Waals surface area contributed by atoms with Gasteiger partial charge in [0.15, 0.2) is 0 Å². The van der Waals surface area contributed by atoms with Crippen molar-refractivity contribution in [3.05, 3.63) is 108 Å². The number of rotatable bonds is 10. The Kier molecular flexibility index (Phi) is 9.96. The van der Waals surface area contributed by atoms with Crippen LogP contribution in [0.5, 0.6) is 0 Å². The van der Waals surface area contributed by atoms with Gasteiger partial charge in [-0.15, -0.1) is 0 Å². The number of sulfonamides is 1. The van der Waals surface area contributed by atoms with Crippen LogP contribution in [0.3, 0.4) is 0 Å². The van der Waals surface area contributed by atoms with E-state index in [0.29, 0.717) is 16.9 Å². The summed E-state index contributed by atoms with van der Waals surface area (Å²) >= 11 is 0. The molecule has 2 amide bonds. The normalized spacial score (nSPS) is 12.2. The molecule has 0 radical (unpaired) electrons. The molecule has 0 aliphatic heterocycles. The molecule has 236 valence electrons. The lowest BCUT2D eigenvalue weighted by atomic mass is 10.0. The number of nitrogens with zero attached hydrogens (tertiary/aromatic N) is 1. The molecule has 0 atom stereocenters. The van der Waals surface area contributed by atoms with Gasteiger partial charge in [0.1, 0.15) is 5.60 Å². The number of ether oxygens (including phenoxy) is 1. The number of carbonyl (C=O) groups is 2. The molecule has 1 heterocycles. The van der Waals surface area contributed by atoms with Crippen LogP contribution in [0.4, 0.5) is 16.2 Å². The largest absolute Gasteiger partial charge is 0.444 e. The Morgan fingerprint density at radius 1 is 0.822 bits per heavy atom. The molecule has 0 fully saturated rings. The van der Waals surface area contributed by atoms with Gasteiger partial charge < -0.3 is 10.1 Å². The summed E-state index contributed by atoms with van der Waals surface area (Å²) in [6, 6.07) is 21.9. The summed E-state index contributed by atoms with van der Waals surface area (Å²) in [4.78, 5) is 24.9. The van der Waals surface area contributed by atoms with Crippen LogP contribution < -0.4 is 15.4 Å². The highest BCUT2D eigenvalue weighted by Gasteiger charge is 2.18. The standard InChI is InChI=1S/C32H34N4O7S2/c1-32(2,3)43-31(38)35-29-8-6-5-7-28(29)34-30(37)18-11-24-19-20-36(22-24)45(41,42)27-16-14-26(15-17-27)25-12-9-23(10-13-25)21-33-44(4,39)40/h5-20,22,33H,21H2,1-4H3,(H,34,37)(H,35,38)/b18-11+. The van der Waals surface area contributed by atoms with Gasteiger partial charge in [-0.25, -0.2) is 30.3 Å². The fraction of sp³-hybridized carbons (Fsp3) is 0.188. The van der Waals surface area contributed by atoms with Crippen LogP contribution in [0.1, 0.15) is 31.9 Å². The molecule has 13 heteroatoms. The van der Waals surface area contributed by atoms with Gasteiger partial charge in [0.25, 0.3) is 10.0 Å². The molecule has 0 aliphatic carbocycles. The molecular weight excluding hydrogens is 617 g/mol. The summed E-state index contributed by atoms with van der Waals surface area (Å²) in [6.07, 6.45) is 5.96. The maximum atomic E-state index is 13.2. The average molecular weight is 651 g/mol. The van der Waals surface area contributed by atoms with E-state index in [1.165, 1.54) is 36.7 Å². The zero-order chi connectivity index (χ0) is 32.8. The molecule has 0 spiro atoms. The lowest BCUT2D eigenvalue weighted by Gasteiger charge is -2.20. The van der Waals surface area contributed by atoms with E-state index in [1.807, 2.05) is 12.1 Å². The second kappa shape index (κ2) is 13.5. The molecule has 0 bridgehead atoms. The second-order valence-electron chi connectivity index (χ2n) is 11.1. The van der Waals surface area contributed by atoms with E-state index in [-0.39, 0.29) is 11.4 Å². The molecule has 4 aromatic rings. The predicted molar refractivity (Wildman–Crippen MR) is 175 cm³/mol. The highest BCUT2D eigenvalue weighted by molar-refractivity contribution is 7.90. The number of hydrogen-bond acceptors (Lipinski definition) is 7. The van der Waals surface area contributed by atoms with Crippen molar-refractivity contribution in [3.8, 4) is 11.1 Å². The van der Waals surface area contributed by atoms with E-state index >= 15 is 0 Å². The van der Waals surface area contributed by atoms with Gasteiger partial charge in [-0.2, -0.15) is 0 Å². The van der Waals surface area contributed by atoms with Gasteiger partial charge in [-0.05, 0) is 79.4 Å². The van der Waals surface area contributed by atoms with Crippen LogP contribution in [-0.4, -0.2) is 44.7 Å². The van der Waals surface area contributed by atoms with Crippen LogP contribution in [-0.2, 0) is 36.1 Å². The van der Waals surface area contributed by atoms with E-state index in [1.54, 1.807) is 75.4 Å². The number of aromatic nitrogens is 1. The molecule has 0 aliphatic rings. The summed E-state index contributed by atoms with van der Waals surface area (Å²) in [5.74, 6) is -0.487. The van der Waals surface area contributed by atoms with Gasteiger partial charge >= 0.3 is 6.09 Å². The fourth-order valence-corrected chi connectivity index (χ4v) is 5.71. The molecule has 0 unspecified atom stereocenters. The van der Waals surface area contributed by atoms with Crippen LogP contribution >= 0.6 is 0 Å². The summed E-state index contributed by atoms with van der Waals surface area (Å²) in [6.45, 7) is 5.41. The highest BCUT2D eigenvalue weighted by atomic mass is 32.2. The number of anilines is 2. The average Bonchev–Trinajstić information content (AvgIpc) is 3.45. The molecule has 1 aromatic heterocycles. The van der Waals surface area contributed by atoms with Crippen molar-refractivity contribution in [2.24, 2.45) is 0 Å². The van der Waals surface area contributed by atoms with Crippen LogP contribution in [0.15, 0.2) is 102 Å². The Balaban J connectivity index is 1.39. The third kappa shape index (κ3) is 9.63. The smallest absolute Gasteiger partial charge is 0.412 e. The Morgan fingerprint density at radius 3 is 1.98 bits per heavy atom. The SMILES string of the molecule is CC(C)(C)OC(=O)Nc1ccccc1NC(=O)/C=C/c1ccn(S(=O)(=O)c2ccc(-c3ccc(CNS(C)(=O)=O)cc3)cc2)c1. The van der Waals surface area contributed by atoms with Crippen molar-refractivity contribution in [3.63, 3.8) is 0 Å². The lowest BCUT2D eigenvalue weighted by Crippen LogP contribution is -2.27. The topological polar surface area (TPSA) is 153 Å². The highest BCUT2D eigenvalue weighted by Crippen LogP contribution is 2.24. The van der Waals surface area contributed by atoms with E-state index in [0.717, 1.165) is 26.9 Å². The second-order valence-corrected chi connectivity index (χ2v) is 14.8. The Bertz CT molecular complexity index is 1920. The Hall–Kier alpha value is -4.72. The van der Waals surface area contributed by atoms with Crippen molar-refractivity contribution in [2.45, 2.75) is 37.8 Å². The van der Waals surface area contributed by atoms with Gasteiger partial charge in [0.2, 0.25) is 15.9 Å². The first-order valence-corrected chi connectivity index (χ1v) is 17.1. The van der Waals surface area contributed by atoms with Gasteiger partial charge in [0.05, 0.1) is 22.5 Å². The maximum Gasteiger partial charge on any atom is 0.412 e. The number of hydrogen-bond donors (Lipinski definition) is 3. The van der Waals surface area contributed by atoms with Crippen LogP contribution in [0.25, 0.3) is 17.2 Å². The summed E-state index contributed by atoms with van der Waals surface area (Å²) in [7, 11) is -7.20. The van der Waals surface area contributed by atoms with Crippen molar-refractivity contribution in [2.75, 3.05) is 16.9 Å². The third-order valence-corrected chi connectivity index (χ3v) is 8.51. The van der Waals surface area contributed by atoms with Crippen molar-refractivity contribution in [1.29, 1.82) is 0 Å². The summed E-state index contributed by atoms with van der Waals surface area (Å²) in [5, 5.41) is 5.31. The molecule has 11 nitrogen and oxygen atoms in total. The van der Waals surface area contributed by atoms with Gasteiger partial charge in [0, 0.05) is 25.0 Å². The van der Waals surface area contributed by atoms with Crippen molar-refractivity contribution < 1.29 is 31.2 Å². The Morgan fingerprint density at radius 2 is 1.40 bits per heavy atom. The number of carbonyl (C=O) groups excluding carboxylic acids is 2. The molecule has 4 rings (SSSR count). The maximum absolute atomic E-state index is 13.2. The van der Waals surface area contributed by atoms with Gasteiger partial charge in [-0.1, -0.05) is 48.5 Å². The first kappa shape index (κ1) is 33.2. The fourth-order valence-electron chi connectivity index (χ4n) is 4.07. The lowest BCUT2D eigenvalue weighted by molar-refractivity contribution is -0.111. The van der Waals surface area contributed by atoms with E-state index in [9.17, 15) is 26.4 Å². The van der Waals surface area contributed by atoms with E-state index in [4.69, 9.17) is 4.74 Å². The monoisotopic (exact) mass is 650 g/mol. The first-order chi connectivity index (χ1) is 21.1. The molecule has 45 heavy (non-hydrogen) atoms. The number of benzene rings is 3. The quantitative estimate of drug-likeness (QED) is 0.193. The zero-order valence-corrected chi connectivity index (χ0v) is 26.8.